The van der Waals surface area contributed by atoms with Gasteiger partial charge in [-0.3, -0.25) is 4.79 Å². The summed E-state index contributed by atoms with van der Waals surface area (Å²) in [7, 11) is 1.64. The summed E-state index contributed by atoms with van der Waals surface area (Å²) in [6.07, 6.45) is 4.65. The van der Waals surface area contributed by atoms with E-state index in [0.717, 1.165) is 61.3 Å². The second-order valence-electron chi connectivity index (χ2n) is 10.7. The van der Waals surface area contributed by atoms with Crippen molar-refractivity contribution in [3.63, 3.8) is 0 Å². The molecule has 0 spiro atoms. The zero-order valence-corrected chi connectivity index (χ0v) is 23.7. The largest absolute Gasteiger partial charge is 0.497 e. The Balaban J connectivity index is 1.51. The maximum Gasteiger partial charge on any atom is 0.309 e. The van der Waals surface area contributed by atoms with Crippen LogP contribution in [-0.2, 0) is 4.79 Å². The number of hydrogen-bond acceptors (Lipinski definition) is 6. The lowest BCUT2D eigenvalue weighted by atomic mass is 9.82. The summed E-state index contributed by atoms with van der Waals surface area (Å²) >= 11 is 0. The molecule has 0 unspecified atom stereocenters. The van der Waals surface area contributed by atoms with E-state index in [1.165, 1.54) is 5.69 Å². The number of ether oxygens (including phenoxy) is 3. The van der Waals surface area contributed by atoms with E-state index in [1.807, 2.05) is 42.5 Å². The number of benzene rings is 3. The summed E-state index contributed by atoms with van der Waals surface area (Å²) in [5, 5.41) is 10.6. The molecule has 1 N–H and O–H groups in total. The fourth-order valence-electron chi connectivity index (χ4n) is 5.99. The molecule has 40 heavy (non-hydrogen) atoms. The van der Waals surface area contributed by atoms with Crippen LogP contribution in [0.5, 0.6) is 17.2 Å². The molecule has 1 fully saturated rings. The van der Waals surface area contributed by atoms with E-state index >= 15 is 0 Å². The van der Waals surface area contributed by atoms with Crippen molar-refractivity contribution in [3.8, 4) is 17.2 Å². The third kappa shape index (κ3) is 5.69. The number of carboxylic acids is 1. The van der Waals surface area contributed by atoms with Gasteiger partial charge >= 0.3 is 5.97 Å². The number of anilines is 2. The molecule has 0 saturated carbocycles. The maximum absolute atomic E-state index is 12.9. The molecule has 1 saturated heterocycles. The number of aliphatic carboxylic acids is 1. The smallest absolute Gasteiger partial charge is 0.309 e. The number of rotatable bonds is 12. The quantitative estimate of drug-likeness (QED) is 0.267. The van der Waals surface area contributed by atoms with Crippen LogP contribution >= 0.6 is 0 Å². The molecule has 0 amide bonds. The van der Waals surface area contributed by atoms with Crippen molar-refractivity contribution < 1.29 is 24.1 Å². The molecule has 3 aromatic carbocycles. The number of hydrogen-bond donors (Lipinski definition) is 1. The van der Waals surface area contributed by atoms with Crippen LogP contribution in [0.25, 0.3) is 0 Å². The van der Waals surface area contributed by atoms with Gasteiger partial charge in [-0.1, -0.05) is 44.9 Å². The third-order valence-corrected chi connectivity index (χ3v) is 8.18. The van der Waals surface area contributed by atoms with Crippen molar-refractivity contribution >= 4 is 17.3 Å². The highest BCUT2D eigenvalue weighted by atomic mass is 16.7. The molecule has 7 nitrogen and oxygen atoms in total. The average Bonchev–Trinajstić information content (AvgIpc) is 3.62. The minimum Gasteiger partial charge on any atom is -0.497 e. The van der Waals surface area contributed by atoms with Gasteiger partial charge in [0.05, 0.1) is 19.1 Å². The predicted octanol–water partition coefficient (Wildman–Crippen LogP) is 6.88. The summed E-state index contributed by atoms with van der Waals surface area (Å²) < 4.78 is 16.5. The Morgan fingerprint density at radius 3 is 2.20 bits per heavy atom. The topological polar surface area (TPSA) is 71.5 Å². The number of carbonyl (C=O) groups is 1. The molecule has 2 aliphatic heterocycles. The van der Waals surface area contributed by atoms with Gasteiger partial charge < -0.3 is 29.1 Å². The van der Waals surface area contributed by atoms with Gasteiger partial charge in [0.25, 0.3) is 0 Å². The zero-order chi connectivity index (χ0) is 28.1. The monoisotopic (exact) mass is 544 g/mol. The lowest BCUT2D eigenvalue weighted by Crippen LogP contribution is -2.29. The molecule has 2 heterocycles. The second kappa shape index (κ2) is 12.5. The summed E-state index contributed by atoms with van der Waals surface area (Å²) in [5.74, 6) is 0.417. The van der Waals surface area contributed by atoms with E-state index in [2.05, 4.69) is 47.9 Å². The Morgan fingerprint density at radius 1 is 0.925 bits per heavy atom. The summed E-state index contributed by atoms with van der Waals surface area (Å²) in [6, 6.07) is 21.9. The van der Waals surface area contributed by atoms with Gasteiger partial charge in [0.15, 0.2) is 11.5 Å². The Kier molecular flexibility index (Phi) is 8.68. The summed E-state index contributed by atoms with van der Waals surface area (Å²) in [5.41, 5.74) is 4.13. The minimum atomic E-state index is -0.812. The van der Waals surface area contributed by atoms with Crippen LogP contribution in [0.3, 0.4) is 0 Å². The molecule has 0 radical (unpaired) electrons. The van der Waals surface area contributed by atoms with Crippen molar-refractivity contribution in [1.82, 2.24) is 0 Å². The first kappa shape index (κ1) is 27.7. The number of methoxy groups -OCH3 is 1. The molecule has 3 atom stereocenters. The van der Waals surface area contributed by atoms with Crippen LogP contribution in [0.2, 0.25) is 0 Å². The molecule has 7 heteroatoms. The Labute approximate surface area is 237 Å². The highest BCUT2D eigenvalue weighted by Crippen LogP contribution is 2.49. The number of carboxylic acid groups (broad SMARTS) is 1. The van der Waals surface area contributed by atoms with Crippen molar-refractivity contribution in [3.05, 3.63) is 77.9 Å². The van der Waals surface area contributed by atoms with E-state index in [4.69, 9.17) is 14.2 Å². The first-order valence-electron chi connectivity index (χ1n) is 14.4. The Hall–Kier alpha value is -3.87. The molecule has 2 aliphatic rings. The molecular formula is C33H40N2O5. The van der Waals surface area contributed by atoms with Crippen LogP contribution in [0.4, 0.5) is 11.4 Å². The number of nitrogens with zero attached hydrogens (tertiary/aromatic N) is 2. The minimum absolute atomic E-state index is 0.187. The van der Waals surface area contributed by atoms with Crippen molar-refractivity contribution in [1.29, 1.82) is 0 Å². The standard InChI is InChI=1S/C33H40N2O5/c1-4-6-18-34(19-7-5-2)25-11-13-26(14-12-25)35-21-28(24-10-17-29-30(20-24)40-22-39-29)31(33(36)37)32(35)23-8-15-27(38-3)16-9-23/h8-17,20,28,31-32H,4-7,18-19,21-22H2,1-3H3,(H,36,37)/t28-,31+,32-/m1/s1. The average molecular weight is 545 g/mol. The van der Waals surface area contributed by atoms with Crippen LogP contribution in [0.1, 0.15) is 62.6 Å². The van der Waals surface area contributed by atoms with Crippen LogP contribution < -0.4 is 24.0 Å². The first-order chi connectivity index (χ1) is 19.5. The van der Waals surface area contributed by atoms with E-state index in [9.17, 15) is 9.90 Å². The van der Waals surface area contributed by atoms with Crippen LogP contribution in [0, 0.1) is 5.92 Å². The van der Waals surface area contributed by atoms with Crippen LogP contribution in [-0.4, -0.2) is 44.6 Å². The summed E-state index contributed by atoms with van der Waals surface area (Å²) in [4.78, 5) is 17.7. The molecule has 0 bridgehead atoms. The van der Waals surface area contributed by atoms with Gasteiger partial charge in [-0.25, -0.2) is 0 Å². The number of fused-ring (bicyclic) bond motifs is 1. The summed E-state index contributed by atoms with van der Waals surface area (Å²) in [6.45, 7) is 7.30. The highest BCUT2D eigenvalue weighted by molar-refractivity contribution is 5.76. The van der Waals surface area contributed by atoms with Crippen LogP contribution in [0.15, 0.2) is 66.7 Å². The molecule has 0 aliphatic carbocycles. The van der Waals surface area contributed by atoms with Crippen molar-refractivity contribution in [2.75, 3.05) is 43.3 Å². The van der Waals surface area contributed by atoms with Gasteiger partial charge in [-0.15, -0.1) is 0 Å². The van der Waals surface area contributed by atoms with Gasteiger partial charge in [-0.05, 0) is 72.5 Å². The first-order valence-corrected chi connectivity index (χ1v) is 14.4. The Morgan fingerprint density at radius 2 is 1.57 bits per heavy atom. The van der Waals surface area contributed by atoms with E-state index < -0.39 is 11.9 Å². The van der Waals surface area contributed by atoms with Gasteiger partial charge in [0.2, 0.25) is 6.79 Å². The van der Waals surface area contributed by atoms with E-state index in [0.29, 0.717) is 18.0 Å². The molecule has 212 valence electrons. The molecule has 5 rings (SSSR count). The van der Waals surface area contributed by atoms with Gasteiger partial charge in [-0.2, -0.15) is 0 Å². The van der Waals surface area contributed by atoms with E-state index in [-0.39, 0.29) is 18.8 Å². The molecule has 0 aromatic heterocycles. The van der Waals surface area contributed by atoms with E-state index in [1.54, 1.807) is 7.11 Å². The normalized spacial score (nSPS) is 19.6. The second-order valence-corrected chi connectivity index (χ2v) is 10.7. The SMILES string of the molecule is CCCCN(CCCC)c1ccc(N2C[C@H](c3ccc4c(c3)OCO4)[C@H](C(=O)O)[C@H]2c2ccc(OC)cc2)cc1. The zero-order valence-electron chi connectivity index (χ0n) is 23.7. The third-order valence-electron chi connectivity index (χ3n) is 8.18. The fourth-order valence-corrected chi connectivity index (χ4v) is 5.99. The molecular weight excluding hydrogens is 504 g/mol. The van der Waals surface area contributed by atoms with Crippen molar-refractivity contribution in [2.45, 2.75) is 51.5 Å². The van der Waals surface area contributed by atoms with Gasteiger partial charge in [0, 0.05) is 36.9 Å². The lowest BCUT2D eigenvalue weighted by molar-refractivity contribution is -0.142. The van der Waals surface area contributed by atoms with Gasteiger partial charge in [0.1, 0.15) is 5.75 Å². The van der Waals surface area contributed by atoms with Crippen molar-refractivity contribution in [2.24, 2.45) is 5.92 Å². The number of unbranched alkanes of at least 4 members (excludes halogenated alkanes) is 2. The fraction of sp³-hybridized carbons (Fsp3) is 0.424. The lowest BCUT2D eigenvalue weighted by Gasteiger charge is -2.30. The highest BCUT2D eigenvalue weighted by Gasteiger charge is 2.47. The molecule has 3 aromatic rings. The predicted molar refractivity (Wildman–Crippen MR) is 158 cm³/mol. The maximum atomic E-state index is 12.9. The Bertz CT molecular complexity index is 1270.